The molecule has 0 aliphatic carbocycles. The van der Waals surface area contributed by atoms with Gasteiger partial charge in [-0.15, -0.1) is 10.2 Å². The van der Waals surface area contributed by atoms with Crippen molar-refractivity contribution in [2.24, 2.45) is 4.99 Å². The second-order valence-electron chi connectivity index (χ2n) is 1.78. The van der Waals surface area contributed by atoms with Crippen LogP contribution in [0.5, 0.6) is 0 Å². The largest absolute Gasteiger partial charge is 0.379 e. The fourth-order valence-corrected chi connectivity index (χ4v) is 0.518. The van der Waals surface area contributed by atoms with Gasteiger partial charge in [-0.05, 0) is 6.92 Å². The fraction of sp³-hybridized carbons (Fsp3) is 0.400. The van der Waals surface area contributed by atoms with Crippen LogP contribution in [0.2, 0.25) is 0 Å². The monoisotopic (exact) mass is 139 g/mol. The zero-order valence-corrected chi connectivity index (χ0v) is 5.92. The van der Waals surface area contributed by atoms with Crippen molar-refractivity contribution in [3.63, 3.8) is 0 Å². The second-order valence-corrected chi connectivity index (χ2v) is 1.78. The second kappa shape index (κ2) is 2.95. The SMILES string of the molecule is CN/C=N/c1nnc(C)[nH]1. The molecule has 0 unspecified atom stereocenters. The summed E-state index contributed by atoms with van der Waals surface area (Å²) in [6, 6.07) is 0. The summed E-state index contributed by atoms with van der Waals surface area (Å²) in [5.41, 5.74) is 0. The van der Waals surface area contributed by atoms with Crippen molar-refractivity contribution in [2.75, 3.05) is 7.05 Å². The average Bonchev–Trinajstić information content (AvgIpc) is 2.31. The van der Waals surface area contributed by atoms with Gasteiger partial charge < -0.3 is 10.3 Å². The van der Waals surface area contributed by atoms with Crippen molar-refractivity contribution < 1.29 is 0 Å². The first-order chi connectivity index (χ1) is 4.83. The first-order valence-corrected chi connectivity index (χ1v) is 2.92. The third kappa shape index (κ3) is 1.54. The van der Waals surface area contributed by atoms with E-state index in [1.807, 2.05) is 6.92 Å². The summed E-state index contributed by atoms with van der Waals surface area (Å²) in [5, 5.41) is 10.2. The van der Waals surface area contributed by atoms with Gasteiger partial charge in [0.1, 0.15) is 5.82 Å². The Morgan fingerprint density at radius 2 is 2.40 bits per heavy atom. The summed E-state index contributed by atoms with van der Waals surface area (Å²) < 4.78 is 0. The standard InChI is InChI=1S/C5H9N5/c1-4-8-5(10-9-4)7-3-6-2/h3H,1-2H3,(H2,6,7,8,9,10). The van der Waals surface area contributed by atoms with Crippen LogP contribution < -0.4 is 5.32 Å². The number of hydrogen-bond acceptors (Lipinski definition) is 3. The van der Waals surface area contributed by atoms with Gasteiger partial charge in [-0.3, -0.25) is 0 Å². The van der Waals surface area contributed by atoms with Crippen LogP contribution in [0.3, 0.4) is 0 Å². The molecule has 2 N–H and O–H groups in total. The minimum Gasteiger partial charge on any atom is -0.379 e. The van der Waals surface area contributed by atoms with Crippen LogP contribution >= 0.6 is 0 Å². The predicted octanol–water partition coefficient (Wildman–Crippen LogP) is -0.00768. The van der Waals surface area contributed by atoms with Crippen molar-refractivity contribution in [3.8, 4) is 0 Å². The van der Waals surface area contributed by atoms with Crippen LogP contribution in [0.25, 0.3) is 0 Å². The quantitative estimate of drug-likeness (QED) is 0.447. The van der Waals surface area contributed by atoms with E-state index in [-0.39, 0.29) is 0 Å². The summed E-state index contributed by atoms with van der Waals surface area (Å²) in [6.45, 7) is 1.82. The van der Waals surface area contributed by atoms with Crippen molar-refractivity contribution in [2.45, 2.75) is 6.92 Å². The van der Waals surface area contributed by atoms with Crippen LogP contribution in [-0.2, 0) is 0 Å². The lowest BCUT2D eigenvalue weighted by molar-refractivity contribution is 1.03. The third-order valence-corrected chi connectivity index (χ3v) is 0.903. The molecule has 1 heterocycles. The maximum absolute atomic E-state index is 3.88. The first kappa shape index (κ1) is 6.73. The summed E-state index contributed by atoms with van der Waals surface area (Å²) >= 11 is 0. The molecule has 1 aromatic heterocycles. The number of aromatic amines is 1. The Labute approximate surface area is 58.6 Å². The molecule has 0 aliphatic heterocycles. The highest BCUT2D eigenvalue weighted by Gasteiger charge is 1.91. The van der Waals surface area contributed by atoms with Crippen LogP contribution in [-0.4, -0.2) is 28.6 Å². The molecule has 0 fully saturated rings. The number of rotatable bonds is 2. The minimum atomic E-state index is 0.520. The van der Waals surface area contributed by atoms with E-state index >= 15 is 0 Å². The molecule has 54 valence electrons. The Balaban J connectivity index is 2.67. The Morgan fingerprint density at radius 1 is 1.60 bits per heavy atom. The van der Waals surface area contributed by atoms with Gasteiger partial charge in [0.05, 0.1) is 6.34 Å². The van der Waals surface area contributed by atoms with Gasteiger partial charge in [0, 0.05) is 7.05 Å². The van der Waals surface area contributed by atoms with Crippen LogP contribution in [0.4, 0.5) is 5.95 Å². The molecule has 0 atom stereocenters. The van der Waals surface area contributed by atoms with Crippen molar-refractivity contribution >= 4 is 12.3 Å². The highest BCUT2D eigenvalue weighted by molar-refractivity contribution is 5.57. The average molecular weight is 139 g/mol. The van der Waals surface area contributed by atoms with E-state index in [0.717, 1.165) is 5.82 Å². The minimum absolute atomic E-state index is 0.520. The Bertz CT molecular complexity index is 226. The molecule has 1 aromatic rings. The highest BCUT2D eigenvalue weighted by Crippen LogP contribution is 1.98. The number of nitrogens with zero attached hydrogens (tertiary/aromatic N) is 3. The molecule has 10 heavy (non-hydrogen) atoms. The maximum Gasteiger partial charge on any atom is 0.249 e. The number of H-pyrrole nitrogens is 1. The smallest absolute Gasteiger partial charge is 0.249 e. The molecule has 0 amide bonds. The summed E-state index contributed by atoms with van der Waals surface area (Å²) in [6.07, 6.45) is 1.54. The molecular formula is C5H9N5. The van der Waals surface area contributed by atoms with E-state index < -0.39 is 0 Å². The Morgan fingerprint density at radius 3 is 2.90 bits per heavy atom. The summed E-state index contributed by atoms with van der Waals surface area (Å²) in [5.74, 6) is 1.29. The lowest BCUT2D eigenvalue weighted by atomic mass is 10.7. The Kier molecular flexibility index (Phi) is 1.99. The molecule has 0 saturated heterocycles. The van der Waals surface area contributed by atoms with Gasteiger partial charge in [0.15, 0.2) is 0 Å². The molecule has 0 saturated carbocycles. The molecular weight excluding hydrogens is 130 g/mol. The third-order valence-electron chi connectivity index (χ3n) is 0.903. The van der Waals surface area contributed by atoms with Crippen molar-refractivity contribution in [1.29, 1.82) is 0 Å². The van der Waals surface area contributed by atoms with Crippen LogP contribution in [0, 0.1) is 6.92 Å². The molecule has 0 bridgehead atoms. The molecule has 1 rings (SSSR count). The zero-order valence-electron chi connectivity index (χ0n) is 5.92. The molecule has 0 aromatic carbocycles. The van der Waals surface area contributed by atoms with E-state index in [4.69, 9.17) is 0 Å². The normalized spacial score (nSPS) is 10.6. The molecule has 0 aliphatic rings. The van der Waals surface area contributed by atoms with E-state index in [0.29, 0.717) is 5.95 Å². The summed E-state index contributed by atoms with van der Waals surface area (Å²) in [4.78, 5) is 6.73. The van der Waals surface area contributed by atoms with E-state index in [1.165, 1.54) is 0 Å². The van der Waals surface area contributed by atoms with Crippen LogP contribution in [0.15, 0.2) is 4.99 Å². The van der Waals surface area contributed by atoms with Gasteiger partial charge in [-0.25, -0.2) is 4.99 Å². The summed E-state index contributed by atoms with van der Waals surface area (Å²) in [7, 11) is 1.77. The number of aliphatic imine (C=N–C) groups is 1. The van der Waals surface area contributed by atoms with Crippen molar-refractivity contribution in [1.82, 2.24) is 20.5 Å². The topological polar surface area (TPSA) is 66.0 Å². The van der Waals surface area contributed by atoms with Crippen LogP contribution in [0.1, 0.15) is 5.82 Å². The molecule has 5 heteroatoms. The number of hydrogen-bond donors (Lipinski definition) is 2. The Hall–Kier alpha value is -1.39. The first-order valence-electron chi connectivity index (χ1n) is 2.92. The molecule has 0 radical (unpaired) electrons. The number of nitrogens with one attached hydrogen (secondary N) is 2. The van der Waals surface area contributed by atoms with E-state index in [2.05, 4.69) is 25.5 Å². The maximum atomic E-state index is 3.88. The highest BCUT2D eigenvalue weighted by atomic mass is 15.3. The van der Waals surface area contributed by atoms with E-state index in [9.17, 15) is 0 Å². The van der Waals surface area contributed by atoms with Crippen molar-refractivity contribution in [3.05, 3.63) is 5.82 Å². The van der Waals surface area contributed by atoms with Gasteiger partial charge in [-0.1, -0.05) is 0 Å². The zero-order chi connectivity index (χ0) is 7.40. The fourth-order valence-electron chi connectivity index (χ4n) is 0.518. The predicted molar refractivity (Wildman–Crippen MR) is 38.3 cm³/mol. The number of aromatic nitrogens is 3. The van der Waals surface area contributed by atoms with Gasteiger partial charge in [-0.2, -0.15) is 0 Å². The van der Waals surface area contributed by atoms with Gasteiger partial charge in [0.25, 0.3) is 0 Å². The lowest BCUT2D eigenvalue weighted by Gasteiger charge is -1.82. The van der Waals surface area contributed by atoms with Gasteiger partial charge >= 0.3 is 0 Å². The van der Waals surface area contributed by atoms with E-state index in [1.54, 1.807) is 13.4 Å². The molecule has 0 spiro atoms. The number of aryl methyl sites for hydroxylation is 1. The lowest BCUT2D eigenvalue weighted by Crippen LogP contribution is -1.99. The van der Waals surface area contributed by atoms with Gasteiger partial charge in [0.2, 0.25) is 5.95 Å². The molecule has 5 nitrogen and oxygen atoms in total.